The summed E-state index contributed by atoms with van der Waals surface area (Å²) in [5, 5.41) is 9.42. The third-order valence-electron chi connectivity index (χ3n) is 5.70. The van der Waals surface area contributed by atoms with Gasteiger partial charge in [0.25, 0.3) is 0 Å². The van der Waals surface area contributed by atoms with E-state index in [0.29, 0.717) is 12.8 Å². The average Bonchev–Trinajstić information content (AvgIpc) is 2.86. The van der Waals surface area contributed by atoms with E-state index >= 15 is 0 Å². The van der Waals surface area contributed by atoms with Crippen molar-refractivity contribution in [3.8, 4) is 0 Å². The molecule has 0 bridgehead atoms. The van der Waals surface area contributed by atoms with Crippen LogP contribution in [0.25, 0.3) is 0 Å². The molecule has 0 aromatic heterocycles. The molecule has 1 atom stereocenters. The summed E-state index contributed by atoms with van der Waals surface area (Å²) in [7, 11) is 0. The molecule has 202 valence electrons. The van der Waals surface area contributed by atoms with E-state index in [1.807, 2.05) is 0 Å². The van der Waals surface area contributed by atoms with Gasteiger partial charge in [-0.1, -0.05) is 102 Å². The van der Waals surface area contributed by atoms with E-state index in [2.05, 4.69) is 50.3 Å². The number of hydrogen-bond donors (Lipinski definition) is 1. The predicted molar refractivity (Wildman–Crippen MR) is 145 cm³/mol. The fourth-order valence-corrected chi connectivity index (χ4v) is 3.56. The molecule has 0 aromatic rings. The minimum absolute atomic E-state index is 0.0772. The highest BCUT2D eigenvalue weighted by atomic mass is 16.6. The van der Waals surface area contributed by atoms with Gasteiger partial charge in [0.15, 0.2) is 6.10 Å². The van der Waals surface area contributed by atoms with Gasteiger partial charge in [0, 0.05) is 12.8 Å². The highest BCUT2D eigenvalue weighted by Crippen LogP contribution is 2.10. The van der Waals surface area contributed by atoms with Crippen LogP contribution in [-0.2, 0) is 19.1 Å². The quantitative estimate of drug-likeness (QED) is 0.0846. The van der Waals surface area contributed by atoms with Crippen LogP contribution in [0.5, 0.6) is 0 Å². The highest BCUT2D eigenvalue weighted by Gasteiger charge is 2.16. The summed E-state index contributed by atoms with van der Waals surface area (Å²) in [6, 6.07) is 0. The molecule has 0 amide bonds. The third-order valence-corrected chi connectivity index (χ3v) is 5.70. The van der Waals surface area contributed by atoms with Crippen LogP contribution >= 0.6 is 0 Å². The van der Waals surface area contributed by atoms with Crippen LogP contribution in [0.15, 0.2) is 36.5 Å². The molecule has 0 aromatic carbocycles. The van der Waals surface area contributed by atoms with Gasteiger partial charge in [0.1, 0.15) is 6.61 Å². The van der Waals surface area contributed by atoms with Crippen molar-refractivity contribution in [1.82, 2.24) is 0 Å². The van der Waals surface area contributed by atoms with Crippen molar-refractivity contribution in [3.63, 3.8) is 0 Å². The first-order chi connectivity index (χ1) is 17.1. The second-order valence-corrected chi connectivity index (χ2v) is 9.10. The molecule has 5 nitrogen and oxygen atoms in total. The molecule has 1 N–H and O–H groups in total. The van der Waals surface area contributed by atoms with Gasteiger partial charge in [-0.2, -0.15) is 0 Å². The third kappa shape index (κ3) is 25.0. The van der Waals surface area contributed by atoms with Crippen molar-refractivity contribution >= 4 is 11.9 Å². The molecular weight excluding hydrogens is 440 g/mol. The fourth-order valence-electron chi connectivity index (χ4n) is 3.56. The molecule has 35 heavy (non-hydrogen) atoms. The number of allylic oxidation sites excluding steroid dienone is 6. The monoisotopic (exact) mass is 492 g/mol. The second-order valence-electron chi connectivity index (χ2n) is 9.10. The van der Waals surface area contributed by atoms with Crippen LogP contribution in [0.1, 0.15) is 123 Å². The van der Waals surface area contributed by atoms with Crippen LogP contribution in [0, 0.1) is 0 Å². The molecule has 0 aliphatic rings. The Hall–Kier alpha value is -1.88. The summed E-state index contributed by atoms with van der Waals surface area (Å²) in [5.41, 5.74) is 0. The maximum atomic E-state index is 12.0. The molecule has 0 aliphatic heterocycles. The first-order valence-electron chi connectivity index (χ1n) is 14.0. The Morgan fingerprint density at radius 3 is 1.86 bits per heavy atom. The van der Waals surface area contributed by atoms with Gasteiger partial charge in [-0.05, 0) is 44.9 Å². The van der Waals surface area contributed by atoms with Crippen molar-refractivity contribution in [2.24, 2.45) is 0 Å². The number of carbonyl (C=O) groups excluding carboxylic acids is 2. The molecular formula is C30H52O5. The summed E-state index contributed by atoms with van der Waals surface area (Å²) in [6.07, 6.45) is 29.1. The number of aliphatic hydroxyl groups excluding tert-OH is 1. The van der Waals surface area contributed by atoms with Crippen molar-refractivity contribution in [3.05, 3.63) is 36.5 Å². The minimum atomic E-state index is -0.779. The van der Waals surface area contributed by atoms with Gasteiger partial charge in [-0.25, -0.2) is 0 Å². The van der Waals surface area contributed by atoms with E-state index < -0.39 is 6.10 Å². The van der Waals surface area contributed by atoms with E-state index in [-0.39, 0.29) is 25.2 Å². The minimum Gasteiger partial charge on any atom is -0.462 e. The molecule has 1 unspecified atom stereocenters. The normalized spacial score (nSPS) is 12.7. The van der Waals surface area contributed by atoms with Crippen molar-refractivity contribution in [2.75, 3.05) is 13.2 Å². The smallest absolute Gasteiger partial charge is 0.306 e. The summed E-state index contributed by atoms with van der Waals surface area (Å²) < 4.78 is 10.4. The largest absolute Gasteiger partial charge is 0.462 e. The molecule has 5 heteroatoms. The van der Waals surface area contributed by atoms with Gasteiger partial charge in [-0.15, -0.1) is 0 Å². The summed E-state index contributed by atoms with van der Waals surface area (Å²) >= 11 is 0. The van der Waals surface area contributed by atoms with E-state index in [9.17, 15) is 14.7 Å². The van der Waals surface area contributed by atoms with Gasteiger partial charge in [-0.3, -0.25) is 9.59 Å². The van der Waals surface area contributed by atoms with E-state index in [1.165, 1.54) is 32.1 Å². The first-order valence-corrected chi connectivity index (χ1v) is 14.0. The molecule has 0 spiro atoms. The highest BCUT2D eigenvalue weighted by molar-refractivity contribution is 5.70. The molecule has 0 rings (SSSR count). The number of carbonyl (C=O) groups is 2. The molecule has 0 heterocycles. The Balaban J connectivity index is 3.70. The second kappa shape index (κ2) is 26.7. The van der Waals surface area contributed by atoms with Crippen LogP contribution in [-0.4, -0.2) is 36.4 Å². The topological polar surface area (TPSA) is 72.8 Å². The Labute approximate surface area is 215 Å². The van der Waals surface area contributed by atoms with Crippen LogP contribution in [0.3, 0.4) is 0 Å². The van der Waals surface area contributed by atoms with Gasteiger partial charge < -0.3 is 14.6 Å². The SMILES string of the molecule is CC/C=C\C/C=C\C/C=C\CCCCCC(=O)OC(CO)COC(=O)CCCCCCCCCC. The predicted octanol–water partition coefficient (Wildman–Crippen LogP) is 7.77. The zero-order chi connectivity index (χ0) is 25.8. The van der Waals surface area contributed by atoms with Crippen molar-refractivity contribution in [1.29, 1.82) is 0 Å². The maximum Gasteiger partial charge on any atom is 0.306 e. The number of esters is 2. The maximum absolute atomic E-state index is 12.0. The van der Waals surface area contributed by atoms with Crippen LogP contribution in [0.2, 0.25) is 0 Å². The molecule has 0 fully saturated rings. The lowest BCUT2D eigenvalue weighted by Crippen LogP contribution is -2.28. The van der Waals surface area contributed by atoms with E-state index in [0.717, 1.165) is 64.2 Å². The van der Waals surface area contributed by atoms with Gasteiger partial charge >= 0.3 is 11.9 Å². The number of rotatable bonds is 24. The molecule has 0 radical (unpaired) electrons. The number of aliphatic hydroxyl groups is 1. The lowest BCUT2D eigenvalue weighted by molar-refractivity contribution is -0.161. The average molecular weight is 493 g/mol. The van der Waals surface area contributed by atoms with Crippen molar-refractivity contribution < 1.29 is 24.2 Å². The molecule has 0 aliphatic carbocycles. The Bertz CT molecular complexity index is 579. The van der Waals surface area contributed by atoms with E-state index in [4.69, 9.17) is 9.47 Å². The zero-order valence-corrected chi connectivity index (χ0v) is 22.6. The number of ether oxygens (including phenoxy) is 2. The van der Waals surface area contributed by atoms with Gasteiger partial charge in [0.2, 0.25) is 0 Å². The lowest BCUT2D eigenvalue weighted by atomic mass is 10.1. The number of hydrogen-bond acceptors (Lipinski definition) is 5. The molecule has 0 saturated heterocycles. The number of unbranched alkanes of at least 4 members (excludes halogenated alkanes) is 10. The summed E-state index contributed by atoms with van der Waals surface area (Å²) in [5.74, 6) is -0.636. The first kappa shape index (κ1) is 33.1. The van der Waals surface area contributed by atoms with E-state index in [1.54, 1.807) is 0 Å². The molecule has 0 saturated carbocycles. The van der Waals surface area contributed by atoms with Crippen LogP contribution < -0.4 is 0 Å². The summed E-state index contributed by atoms with van der Waals surface area (Å²) in [6.45, 7) is 3.93. The Morgan fingerprint density at radius 1 is 0.686 bits per heavy atom. The Morgan fingerprint density at radius 2 is 1.23 bits per heavy atom. The van der Waals surface area contributed by atoms with Crippen LogP contribution in [0.4, 0.5) is 0 Å². The fraction of sp³-hybridized carbons (Fsp3) is 0.733. The van der Waals surface area contributed by atoms with Gasteiger partial charge in [0.05, 0.1) is 6.61 Å². The zero-order valence-electron chi connectivity index (χ0n) is 22.6. The lowest BCUT2D eigenvalue weighted by Gasteiger charge is -2.15. The summed E-state index contributed by atoms with van der Waals surface area (Å²) in [4.78, 5) is 23.9. The Kier molecular flexibility index (Phi) is 25.3. The van der Waals surface area contributed by atoms with Crippen molar-refractivity contribution in [2.45, 2.75) is 129 Å². The standard InChI is InChI=1S/C30H52O5/c1-3-5-7-9-11-13-14-15-16-17-19-21-23-25-30(33)35-28(26-31)27-34-29(32)24-22-20-18-12-10-8-6-4-2/h5,7,11,13,15-16,28,31H,3-4,6,8-10,12,14,17-27H2,1-2H3/b7-5-,13-11-,16-15-.